The molecule has 0 unspecified atom stereocenters. The molecule has 0 aliphatic carbocycles. The minimum absolute atomic E-state index is 0.398. The van der Waals surface area contributed by atoms with Crippen LogP contribution >= 0.6 is 0 Å². The number of fused-ring (bicyclic) bond motifs is 1. The number of aromatic nitrogens is 4. The molecule has 5 rings (SSSR count). The van der Waals surface area contributed by atoms with Crippen LogP contribution in [0, 0.1) is 0 Å². The SMILES string of the molecule is O=C(N1CCCc2ccccc21)n1nnn(-c2ccccc2Oc2ccccc2)c1=O. The highest BCUT2D eigenvalue weighted by Crippen LogP contribution is 2.28. The number of aryl methyl sites for hydroxylation is 1. The summed E-state index contributed by atoms with van der Waals surface area (Å²) in [5, 5.41) is 7.81. The number of anilines is 1. The largest absolute Gasteiger partial charge is 0.455 e. The molecule has 0 saturated heterocycles. The van der Waals surface area contributed by atoms with Gasteiger partial charge in [-0.3, -0.25) is 4.90 Å². The summed E-state index contributed by atoms with van der Waals surface area (Å²) in [6.07, 6.45) is 1.71. The van der Waals surface area contributed by atoms with Crippen molar-refractivity contribution in [2.45, 2.75) is 12.8 Å². The van der Waals surface area contributed by atoms with Gasteiger partial charge in [-0.05, 0) is 59.2 Å². The zero-order valence-corrected chi connectivity index (χ0v) is 16.6. The van der Waals surface area contributed by atoms with Crippen LogP contribution in [0.3, 0.4) is 0 Å². The fourth-order valence-electron chi connectivity index (χ4n) is 3.70. The minimum Gasteiger partial charge on any atom is -0.455 e. The van der Waals surface area contributed by atoms with E-state index in [1.807, 2.05) is 54.6 Å². The smallest absolute Gasteiger partial charge is 0.377 e. The van der Waals surface area contributed by atoms with Crippen molar-refractivity contribution in [1.29, 1.82) is 0 Å². The Kier molecular flexibility index (Phi) is 4.80. The zero-order chi connectivity index (χ0) is 21.2. The monoisotopic (exact) mass is 413 g/mol. The Morgan fingerprint density at radius 1 is 0.839 bits per heavy atom. The van der Waals surface area contributed by atoms with Gasteiger partial charge >= 0.3 is 11.7 Å². The maximum Gasteiger partial charge on any atom is 0.377 e. The van der Waals surface area contributed by atoms with Crippen molar-refractivity contribution in [1.82, 2.24) is 19.8 Å². The van der Waals surface area contributed by atoms with Crippen molar-refractivity contribution in [2.75, 3.05) is 11.4 Å². The Morgan fingerprint density at radius 3 is 2.39 bits per heavy atom. The fourth-order valence-corrected chi connectivity index (χ4v) is 3.70. The van der Waals surface area contributed by atoms with Crippen molar-refractivity contribution in [2.24, 2.45) is 0 Å². The van der Waals surface area contributed by atoms with Gasteiger partial charge in [-0.25, -0.2) is 9.59 Å². The third kappa shape index (κ3) is 3.48. The molecule has 8 heteroatoms. The molecule has 0 N–H and O–H groups in total. The summed E-state index contributed by atoms with van der Waals surface area (Å²) in [6.45, 7) is 0.517. The van der Waals surface area contributed by atoms with Crippen LogP contribution in [-0.2, 0) is 6.42 Å². The quantitative estimate of drug-likeness (QED) is 0.479. The third-order valence-electron chi connectivity index (χ3n) is 5.17. The first kappa shape index (κ1) is 18.8. The summed E-state index contributed by atoms with van der Waals surface area (Å²) in [6, 6.07) is 23.4. The fraction of sp³-hybridized carbons (Fsp3) is 0.130. The molecule has 2 heterocycles. The lowest BCUT2D eigenvalue weighted by molar-refractivity contribution is 0.243. The second-order valence-electron chi connectivity index (χ2n) is 7.13. The van der Waals surface area contributed by atoms with Gasteiger partial charge in [0, 0.05) is 12.2 Å². The number of carbonyl (C=O) groups excluding carboxylic acids is 1. The molecule has 1 aliphatic heterocycles. The lowest BCUT2D eigenvalue weighted by atomic mass is 10.0. The average Bonchev–Trinajstić information content (AvgIpc) is 3.20. The first-order chi connectivity index (χ1) is 15.2. The topological polar surface area (TPSA) is 82.2 Å². The first-order valence-corrected chi connectivity index (χ1v) is 9.99. The predicted molar refractivity (Wildman–Crippen MR) is 115 cm³/mol. The summed E-state index contributed by atoms with van der Waals surface area (Å²) in [7, 11) is 0. The van der Waals surface area contributed by atoms with Crippen LogP contribution in [0.4, 0.5) is 10.5 Å². The number of rotatable bonds is 3. The van der Waals surface area contributed by atoms with Crippen LogP contribution in [0.1, 0.15) is 12.0 Å². The van der Waals surface area contributed by atoms with Gasteiger partial charge < -0.3 is 4.74 Å². The molecule has 3 aromatic carbocycles. The van der Waals surface area contributed by atoms with Crippen molar-refractivity contribution in [3.8, 4) is 17.2 Å². The van der Waals surface area contributed by atoms with E-state index in [1.54, 1.807) is 29.2 Å². The maximum absolute atomic E-state index is 13.1. The molecule has 1 aliphatic rings. The minimum atomic E-state index is -0.655. The molecule has 0 fully saturated rings. The molecule has 8 nitrogen and oxygen atoms in total. The molecule has 1 aromatic heterocycles. The van der Waals surface area contributed by atoms with Crippen LogP contribution in [0.25, 0.3) is 5.69 Å². The van der Waals surface area contributed by atoms with Crippen LogP contribution in [0.5, 0.6) is 11.5 Å². The molecule has 0 spiro atoms. The predicted octanol–water partition coefficient (Wildman–Crippen LogP) is 3.64. The van der Waals surface area contributed by atoms with Gasteiger partial charge in [0.05, 0.1) is 0 Å². The Hall–Kier alpha value is -4.20. The molecule has 0 saturated carbocycles. The van der Waals surface area contributed by atoms with Gasteiger partial charge in [0.2, 0.25) is 0 Å². The normalized spacial score (nSPS) is 13.0. The van der Waals surface area contributed by atoms with E-state index in [0.717, 1.165) is 33.5 Å². The van der Waals surface area contributed by atoms with Crippen molar-refractivity contribution >= 4 is 11.7 Å². The van der Waals surface area contributed by atoms with Crippen LogP contribution in [-0.4, -0.2) is 32.4 Å². The number of nitrogens with zero attached hydrogens (tertiary/aromatic N) is 5. The maximum atomic E-state index is 13.1. The van der Waals surface area contributed by atoms with Gasteiger partial charge in [-0.15, -0.1) is 4.68 Å². The van der Waals surface area contributed by atoms with E-state index in [-0.39, 0.29) is 0 Å². The average molecular weight is 413 g/mol. The van der Waals surface area contributed by atoms with Crippen LogP contribution in [0.15, 0.2) is 83.7 Å². The molecule has 1 amide bonds. The van der Waals surface area contributed by atoms with E-state index in [0.29, 0.717) is 23.7 Å². The lowest BCUT2D eigenvalue weighted by Gasteiger charge is -2.28. The summed E-state index contributed by atoms with van der Waals surface area (Å²) < 4.78 is 7.79. The molecule has 154 valence electrons. The number of hydrogen-bond donors (Lipinski definition) is 0. The Morgan fingerprint density at radius 2 is 1.55 bits per heavy atom. The zero-order valence-electron chi connectivity index (χ0n) is 16.6. The van der Waals surface area contributed by atoms with Crippen molar-refractivity contribution in [3.05, 3.63) is 94.9 Å². The highest BCUT2D eigenvalue weighted by molar-refractivity contribution is 5.94. The Balaban J connectivity index is 1.50. The van der Waals surface area contributed by atoms with Crippen molar-refractivity contribution < 1.29 is 9.53 Å². The summed E-state index contributed by atoms with van der Waals surface area (Å²) >= 11 is 0. The Labute approximate surface area is 177 Å². The standard InChI is InChI=1S/C23H19N5O3/c29-22(26-16-8-10-17-9-4-5-13-19(17)26)28-23(30)27(24-25-28)20-14-6-7-15-21(20)31-18-11-2-1-3-12-18/h1-7,9,11-15H,8,10,16H2. The highest BCUT2D eigenvalue weighted by Gasteiger charge is 2.27. The molecular weight excluding hydrogens is 394 g/mol. The van der Waals surface area contributed by atoms with Gasteiger partial charge in [-0.2, -0.15) is 4.68 Å². The van der Waals surface area contributed by atoms with E-state index in [4.69, 9.17) is 4.74 Å². The first-order valence-electron chi connectivity index (χ1n) is 9.99. The number of tetrazole rings is 1. The number of benzene rings is 3. The molecule has 0 bridgehead atoms. The van der Waals surface area contributed by atoms with E-state index < -0.39 is 11.7 Å². The van der Waals surface area contributed by atoms with E-state index in [1.165, 1.54) is 0 Å². The van der Waals surface area contributed by atoms with Gasteiger partial charge in [-0.1, -0.05) is 48.5 Å². The third-order valence-corrected chi connectivity index (χ3v) is 5.17. The number of hydrogen-bond acceptors (Lipinski definition) is 5. The second kappa shape index (κ2) is 7.91. The number of carbonyl (C=O) groups is 1. The lowest BCUT2D eigenvalue weighted by Crippen LogP contribution is -2.43. The van der Waals surface area contributed by atoms with Crippen LogP contribution in [0.2, 0.25) is 0 Å². The van der Waals surface area contributed by atoms with E-state index >= 15 is 0 Å². The van der Waals surface area contributed by atoms with Gasteiger partial charge in [0.25, 0.3) is 0 Å². The Bertz CT molecular complexity index is 1300. The number of ether oxygens (including phenoxy) is 1. The summed E-state index contributed by atoms with van der Waals surface area (Å²) in [5.41, 5.74) is 1.61. The number of amides is 1. The molecule has 0 radical (unpaired) electrons. The van der Waals surface area contributed by atoms with Crippen molar-refractivity contribution in [3.63, 3.8) is 0 Å². The molecular formula is C23H19N5O3. The van der Waals surface area contributed by atoms with E-state index in [2.05, 4.69) is 10.4 Å². The molecule has 0 atom stereocenters. The summed E-state index contributed by atoms with van der Waals surface area (Å²) in [4.78, 5) is 27.8. The molecule has 31 heavy (non-hydrogen) atoms. The van der Waals surface area contributed by atoms with Crippen LogP contribution < -0.4 is 15.3 Å². The second-order valence-corrected chi connectivity index (χ2v) is 7.13. The number of para-hydroxylation sites is 4. The van der Waals surface area contributed by atoms with Gasteiger partial charge in [0.1, 0.15) is 11.4 Å². The van der Waals surface area contributed by atoms with Gasteiger partial charge in [0.15, 0.2) is 5.75 Å². The highest BCUT2D eigenvalue weighted by atomic mass is 16.5. The van der Waals surface area contributed by atoms with E-state index in [9.17, 15) is 9.59 Å². The summed E-state index contributed by atoms with van der Waals surface area (Å²) in [5.74, 6) is 1.05. The molecule has 4 aromatic rings.